The minimum atomic E-state index is 0.175. The van der Waals surface area contributed by atoms with E-state index in [0.717, 1.165) is 73.9 Å². The summed E-state index contributed by atoms with van der Waals surface area (Å²) in [5.74, 6) is 1.49. The van der Waals surface area contributed by atoms with Crippen molar-refractivity contribution in [2.45, 2.75) is 45.0 Å². The molecule has 0 bridgehead atoms. The maximum absolute atomic E-state index is 10.3. The highest BCUT2D eigenvalue weighted by Crippen LogP contribution is 2.35. The summed E-state index contributed by atoms with van der Waals surface area (Å²) < 4.78 is 6.31. The second-order valence-corrected chi connectivity index (χ2v) is 13.2. The number of hydrogen-bond acceptors (Lipinski definition) is 11. The van der Waals surface area contributed by atoms with Gasteiger partial charge in [0, 0.05) is 69.4 Å². The number of aryl methyl sites for hydroxylation is 1. The van der Waals surface area contributed by atoms with Crippen molar-refractivity contribution in [1.82, 2.24) is 20.1 Å². The van der Waals surface area contributed by atoms with Gasteiger partial charge in [0.05, 0.1) is 27.5 Å². The number of nitrogen functional groups attached to an aromatic ring is 1. The van der Waals surface area contributed by atoms with Gasteiger partial charge in [-0.2, -0.15) is 0 Å². The maximum atomic E-state index is 10.3. The highest BCUT2D eigenvalue weighted by Gasteiger charge is 2.31. The number of ether oxygens (including phenoxy) is 1. The summed E-state index contributed by atoms with van der Waals surface area (Å²) >= 11 is 1.67. The van der Waals surface area contributed by atoms with Gasteiger partial charge in [0.15, 0.2) is 5.82 Å². The zero-order chi connectivity index (χ0) is 32.3. The molecule has 0 unspecified atom stereocenters. The quantitative estimate of drug-likeness (QED) is 0.150. The Morgan fingerprint density at radius 3 is 2.49 bits per heavy atom. The molecule has 0 atom stereocenters. The summed E-state index contributed by atoms with van der Waals surface area (Å²) in [7, 11) is 0. The van der Waals surface area contributed by atoms with Crippen LogP contribution in [0.2, 0.25) is 0 Å². The number of benzene rings is 3. The standard InChI is InChI=1S/C36H40N8O2S/c1-23-35(47-22-39-23)25-8-9-26(20-37)31(16-25)40-27-17-29(18-27)46-28-10-6-24(7-11-28)21-43-12-14-44(15-13-43)33-19-32(41-42-36(33)38)30-4-2-3-5-34(30)45/h2-11,16,19,22,27,29,40,45H,12-15,17-18,20-21,37H2,1H3,(H2,38,42). The molecule has 2 fully saturated rings. The van der Waals surface area contributed by atoms with Crippen LogP contribution in [0.4, 0.5) is 17.2 Å². The van der Waals surface area contributed by atoms with E-state index in [4.69, 9.17) is 16.2 Å². The predicted octanol–water partition coefficient (Wildman–Crippen LogP) is 5.67. The number of rotatable bonds is 10. The number of hydrogen-bond donors (Lipinski definition) is 4. The molecular weight excluding hydrogens is 609 g/mol. The molecule has 1 saturated heterocycles. The van der Waals surface area contributed by atoms with Crippen molar-refractivity contribution < 1.29 is 9.84 Å². The molecule has 242 valence electrons. The molecule has 7 rings (SSSR count). The lowest BCUT2D eigenvalue weighted by Gasteiger charge is -2.37. The Bertz CT molecular complexity index is 1830. The van der Waals surface area contributed by atoms with Crippen LogP contribution >= 0.6 is 11.3 Å². The van der Waals surface area contributed by atoms with Crippen LogP contribution in [0.1, 0.15) is 29.7 Å². The second kappa shape index (κ2) is 13.6. The summed E-state index contributed by atoms with van der Waals surface area (Å²) in [5.41, 5.74) is 22.0. The van der Waals surface area contributed by atoms with Gasteiger partial charge < -0.3 is 31.5 Å². The number of phenolic OH excluding ortho intramolecular Hbond substituents is 1. The van der Waals surface area contributed by atoms with E-state index in [0.29, 0.717) is 29.7 Å². The van der Waals surface area contributed by atoms with E-state index in [1.165, 1.54) is 16.0 Å². The molecule has 5 aromatic rings. The van der Waals surface area contributed by atoms with Crippen molar-refractivity contribution in [2.75, 3.05) is 42.1 Å². The molecule has 0 amide bonds. The van der Waals surface area contributed by atoms with Crippen LogP contribution in [0.3, 0.4) is 0 Å². The minimum absolute atomic E-state index is 0.175. The number of aromatic nitrogens is 3. The molecule has 47 heavy (non-hydrogen) atoms. The van der Waals surface area contributed by atoms with Crippen molar-refractivity contribution in [1.29, 1.82) is 0 Å². The number of thiazole rings is 1. The van der Waals surface area contributed by atoms with Crippen LogP contribution in [0, 0.1) is 6.92 Å². The van der Waals surface area contributed by atoms with Crippen LogP contribution in [-0.4, -0.2) is 63.5 Å². The van der Waals surface area contributed by atoms with Crippen LogP contribution in [0.15, 0.2) is 78.3 Å². The molecule has 1 aliphatic heterocycles. The van der Waals surface area contributed by atoms with Gasteiger partial charge in [-0.15, -0.1) is 21.5 Å². The molecule has 11 heteroatoms. The van der Waals surface area contributed by atoms with Crippen molar-refractivity contribution in [3.05, 3.63) is 95.1 Å². The monoisotopic (exact) mass is 648 g/mol. The summed E-state index contributed by atoms with van der Waals surface area (Å²) in [4.78, 5) is 10.3. The highest BCUT2D eigenvalue weighted by atomic mass is 32.1. The lowest BCUT2D eigenvalue weighted by atomic mass is 9.88. The predicted molar refractivity (Wildman–Crippen MR) is 189 cm³/mol. The van der Waals surface area contributed by atoms with E-state index < -0.39 is 0 Å². The number of para-hydroxylation sites is 1. The third kappa shape index (κ3) is 6.87. The first-order valence-electron chi connectivity index (χ1n) is 16.1. The Kier molecular flexibility index (Phi) is 8.92. The zero-order valence-corrected chi connectivity index (χ0v) is 27.3. The SMILES string of the molecule is Cc1ncsc1-c1ccc(CN)c(NC2CC(Oc3ccc(CN4CCN(c5cc(-c6ccccc6O)nnc5N)CC4)cc3)C2)c1. The second-order valence-electron chi connectivity index (χ2n) is 12.3. The Balaban J connectivity index is 0.886. The number of nitrogens with zero attached hydrogens (tertiary/aromatic N) is 5. The number of piperazine rings is 1. The Morgan fingerprint density at radius 1 is 0.979 bits per heavy atom. The van der Waals surface area contributed by atoms with Gasteiger partial charge in [-0.1, -0.05) is 36.4 Å². The van der Waals surface area contributed by atoms with Gasteiger partial charge in [-0.05, 0) is 60.0 Å². The Labute approximate surface area is 279 Å². The van der Waals surface area contributed by atoms with Gasteiger partial charge in [0.2, 0.25) is 0 Å². The fourth-order valence-corrected chi connectivity index (χ4v) is 7.15. The number of phenols is 1. The molecule has 3 aromatic carbocycles. The maximum Gasteiger partial charge on any atom is 0.169 e. The fourth-order valence-electron chi connectivity index (χ4n) is 6.35. The van der Waals surface area contributed by atoms with E-state index >= 15 is 0 Å². The van der Waals surface area contributed by atoms with Crippen molar-refractivity contribution in [3.63, 3.8) is 0 Å². The number of nitrogens with two attached hydrogens (primary N) is 2. The van der Waals surface area contributed by atoms with E-state index in [1.807, 2.05) is 30.6 Å². The Morgan fingerprint density at radius 2 is 1.77 bits per heavy atom. The zero-order valence-electron chi connectivity index (χ0n) is 26.5. The van der Waals surface area contributed by atoms with Gasteiger partial charge in [0.1, 0.15) is 17.6 Å². The first-order valence-corrected chi connectivity index (χ1v) is 17.0. The lowest BCUT2D eigenvalue weighted by Crippen LogP contribution is -2.46. The summed E-state index contributed by atoms with van der Waals surface area (Å²) in [6.07, 6.45) is 2.10. The summed E-state index contributed by atoms with van der Waals surface area (Å²) in [6.45, 7) is 6.89. The summed E-state index contributed by atoms with van der Waals surface area (Å²) in [5, 5.41) is 22.4. The van der Waals surface area contributed by atoms with Crippen LogP contribution < -0.4 is 26.4 Å². The minimum Gasteiger partial charge on any atom is -0.507 e. The van der Waals surface area contributed by atoms with Crippen molar-refractivity contribution in [3.8, 4) is 33.2 Å². The molecule has 2 aliphatic rings. The van der Waals surface area contributed by atoms with Crippen molar-refractivity contribution >= 4 is 28.5 Å². The van der Waals surface area contributed by atoms with Crippen LogP contribution in [0.5, 0.6) is 11.5 Å². The molecular formula is C36H40N8O2S. The molecule has 1 aliphatic carbocycles. The highest BCUT2D eigenvalue weighted by molar-refractivity contribution is 7.13. The largest absolute Gasteiger partial charge is 0.507 e. The van der Waals surface area contributed by atoms with E-state index in [1.54, 1.807) is 23.5 Å². The molecule has 0 radical (unpaired) electrons. The average Bonchev–Trinajstić information content (AvgIpc) is 3.51. The number of anilines is 3. The molecule has 0 spiro atoms. The van der Waals surface area contributed by atoms with Gasteiger partial charge in [0.25, 0.3) is 0 Å². The Hall–Kier alpha value is -4.71. The van der Waals surface area contributed by atoms with E-state index in [2.05, 4.69) is 72.8 Å². The van der Waals surface area contributed by atoms with Gasteiger partial charge in [-0.3, -0.25) is 4.90 Å². The first kappa shape index (κ1) is 30.9. The molecule has 2 aromatic heterocycles. The third-order valence-corrected chi connectivity index (χ3v) is 10.1. The van der Waals surface area contributed by atoms with Gasteiger partial charge >= 0.3 is 0 Å². The van der Waals surface area contributed by atoms with Gasteiger partial charge in [-0.25, -0.2) is 4.98 Å². The fraction of sp³-hybridized carbons (Fsp3) is 0.306. The first-order chi connectivity index (χ1) is 22.9. The van der Waals surface area contributed by atoms with Crippen LogP contribution in [-0.2, 0) is 13.1 Å². The normalized spacial score (nSPS) is 18.1. The molecule has 3 heterocycles. The lowest BCUT2D eigenvalue weighted by molar-refractivity contribution is 0.108. The third-order valence-electron chi connectivity index (χ3n) is 9.12. The average molecular weight is 649 g/mol. The van der Waals surface area contributed by atoms with Crippen LogP contribution in [0.25, 0.3) is 21.7 Å². The molecule has 1 saturated carbocycles. The topological polar surface area (TPSA) is 139 Å². The van der Waals surface area contributed by atoms with Crippen molar-refractivity contribution in [2.24, 2.45) is 5.73 Å². The van der Waals surface area contributed by atoms with E-state index in [9.17, 15) is 5.11 Å². The molecule has 6 N–H and O–H groups in total. The smallest absolute Gasteiger partial charge is 0.169 e. The van der Waals surface area contributed by atoms with E-state index in [-0.39, 0.29) is 11.9 Å². The molecule has 10 nitrogen and oxygen atoms in total. The summed E-state index contributed by atoms with van der Waals surface area (Å²) in [6, 6.07) is 24.4. The number of aromatic hydroxyl groups is 1. The number of nitrogens with one attached hydrogen (secondary N) is 1.